The predicted octanol–water partition coefficient (Wildman–Crippen LogP) is 0.871. The smallest absolute Gasteiger partial charge is 0.249 e. The summed E-state index contributed by atoms with van der Waals surface area (Å²) in [5.41, 5.74) is 0. The Balaban J connectivity index is 3.15. The molecule has 0 aliphatic heterocycles. The minimum atomic E-state index is -1.01. The topological polar surface area (TPSA) is 21.3 Å². The van der Waals surface area contributed by atoms with Gasteiger partial charge in [-0.1, -0.05) is 13.8 Å². The number of nitrogens with one attached hydrogen (secondary N) is 1. The van der Waals surface area contributed by atoms with E-state index in [1.54, 1.807) is 0 Å². The molecule has 0 fully saturated rings. The summed E-state index contributed by atoms with van der Waals surface area (Å²) < 4.78 is 5.38. The molecule has 0 radical (unpaired) electrons. The Morgan fingerprint density at radius 2 is 2.11 bits per heavy atom. The van der Waals surface area contributed by atoms with E-state index < -0.39 is 9.20 Å². The van der Waals surface area contributed by atoms with E-state index in [0.29, 0.717) is 6.04 Å². The lowest BCUT2D eigenvalue weighted by atomic mass is 10.4. The molecule has 0 aromatic carbocycles. The first kappa shape index (κ1) is 9.14. The van der Waals surface area contributed by atoms with Gasteiger partial charge in [-0.3, -0.25) is 0 Å². The largest absolute Gasteiger partial charge is 0.406 e. The van der Waals surface area contributed by atoms with Crippen molar-refractivity contribution in [2.45, 2.75) is 33.4 Å². The van der Waals surface area contributed by atoms with Crippen LogP contribution in [0.25, 0.3) is 0 Å². The van der Waals surface area contributed by atoms with Crippen molar-refractivity contribution in [1.29, 1.82) is 0 Å². The summed E-state index contributed by atoms with van der Waals surface area (Å²) in [6.07, 6.45) is 0. The van der Waals surface area contributed by atoms with Gasteiger partial charge in [0.2, 0.25) is 9.20 Å². The van der Waals surface area contributed by atoms with Gasteiger partial charge in [-0.05, 0) is 19.5 Å². The van der Waals surface area contributed by atoms with Gasteiger partial charge in [-0.15, -0.1) is 0 Å². The monoisotopic (exact) mass is 147 g/mol. The fourth-order valence-corrected chi connectivity index (χ4v) is 2.30. The number of hydrogen-bond donors (Lipinski definition) is 1. The third-order valence-corrected chi connectivity index (χ3v) is 2.95. The van der Waals surface area contributed by atoms with Gasteiger partial charge in [0, 0.05) is 6.61 Å². The molecule has 0 amide bonds. The molecule has 1 unspecified atom stereocenters. The molecule has 9 heavy (non-hydrogen) atoms. The van der Waals surface area contributed by atoms with Gasteiger partial charge in [0.15, 0.2) is 0 Å². The maximum Gasteiger partial charge on any atom is 0.249 e. The van der Waals surface area contributed by atoms with Gasteiger partial charge < -0.3 is 9.41 Å². The average Bonchev–Trinajstić information content (AvgIpc) is 1.63. The van der Waals surface area contributed by atoms with Crippen molar-refractivity contribution in [3.8, 4) is 0 Å². The lowest BCUT2D eigenvalue weighted by molar-refractivity contribution is 0.334. The van der Waals surface area contributed by atoms with E-state index in [1.807, 2.05) is 6.92 Å². The Bertz CT molecular complexity index is 68.1. The fourth-order valence-electron chi connectivity index (χ4n) is 0.768. The zero-order valence-electron chi connectivity index (χ0n) is 6.77. The van der Waals surface area contributed by atoms with E-state index >= 15 is 0 Å². The van der Waals surface area contributed by atoms with Gasteiger partial charge in [-0.25, -0.2) is 0 Å². The molecule has 1 N–H and O–H groups in total. The highest BCUT2D eigenvalue weighted by atomic mass is 28.3. The third kappa shape index (κ3) is 6.02. The highest BCUT2D eigenvalue weighted by Gasteiger charge is 2.03. The Hall–Kier alpha value is 0.137. The average molecular weight is 147 g/mol. The van der Waals surface area contributed by atoms with Crippen LogP contribution in [0.5, 0.6) is 0 Å². The first-order valence-electron chi connectivity index (χ1n) is 3.54. The van der Waals surface area contributed by atoms with E-state index in [-0.39, 0.29) is 0 Å². The van der Waals surface area contributed by atoms with Crippen molar-refractivity contribution >= 4 is 9.20 Å². The second kappa shape index (κ2) is 4.96. The Morgan fingerprint density at radius 1 is 1.56 bits per heavy atom. The molecule has 0 bridgehead atoms. The molecule has 0 saturated carbocycles. The maximum atomic E-state index is 5.38. The molecule has 0 spiro atoms. The van der Waals surface area contributed by atoms with Crippen molar-refractivity contribution in [2.75, 3.05) is 6.61 Å². The van der Waals surface area contributed by atoms with E-state index in [9.17, 15) is 0 Å². The SMILES string of the molecule is CCO[SiH](C)NC(C)C. The van der Waals surface area contributed by atoms with Gasteiger partial charge in [-0.2, -0.15) is 0 Å². The van der Waals surface area contributed by atoms with Crippen molar-refractivity contribution < 1.29 is 4.43 Å². The van der Waals surface area contributed by atoms with Crippen molar-refractivity contribution in [3.05, 3.63) is 0 Å². The second-order valence-electron chi connectivity index (χ2n) is 2.42. The molecule has 0 aliphatic carbocycles. The van der Waals surface area contributed by atoms with Crippen LogP contribution in [0.2, 0.25) is 6.55 Å². The van der Waals surface area contributed by atoms with Gasteiger partial charge in [0.25, 0.3) is 0 Å². The quantitative estimate of drug-likeness (QED) is 0.596. The fraction of sp³-hybridized carbons (Fsp3) is 1.00. The van der Waals surface area contributed by atoms with E-state index in [2.05, 4.69) is 25.4 Å². The summed E-state index contributed by atoms with van der Waals surface area (Å²) in [7, 11) is -1.01. The first-order valence-corrected chi connectivity index (χ1v) is 5.74. The molecule has 0 aliphatic rings. The second-order valence-corrected chi connectivity index (χ2v) is 4.37. The van der Waals surface area contributed by atoms with E-state index in [1.165, 1.54) is 0 Å². The Kier molecular flexibility index (Phi) is 5.04. The molecule has 0 heterocycles. The van der Waals surface area contributed by atoms with Gasteiger partial charge in [0.1, 0.15) is 0 Å². The molecule has 3 heteroatoms. The molecular weight excluding hydrogens is 130 g/mol. The summed E-state index contributed by atoms with van der Waals surface area (Å²) in [5.74, 6) is 0. The predicted molar refractivity (Wildman–Crippen MR) is 42.9 cm³/mol. The van der Waals surface area contributed by atoms with Crippen molar-refractivity contribution in [2.24, 2.45) is 0 Å². The minimum absolute atomic E-state index is 0.568. The van der Waals surface area contributed by atoms with Crippen LogP contribution in [0.4, 0.5) is 0 Å². The molecule has 0 aromatic rings. The third-order valence-electron chi connectivity index (χ3n) is 0.985. The highest BCUT2D eigenvalue weighted by molar-refractivity contribution is 6.47. The van der Waals surface area contributed by atoms with E-state index in [0.717, 1.165) is 6.61 Å². The Labute approximate surface area is 59.4 Å². The first-order chi connectivity index (χ1) is 4.16. The summed E-state index contributed by atoms with van der Waals surface area (Å²) in [6, 6.07) is 0.568. The minimum Gasteiger partial charge on any atom is -0.406 e. The van der Waals surface area contributed by atoms with Crippen LogP contribution in [0.3, 0.4) is 0 Å². The van der Waals surface area contributed by atoms with Crippen LogP contribution in [0, 0.1) is 0 Å². The maximum absolute atomic E-state index is 5.38. The molecule has 0 saturated heterocycles. The highest BCUT2D eigenvalue weighted by Crippen LogP contribution is 1.83. The molecule has 1 atom stereocenters. The molecule has 2 nitrogen and oxygen atoms in total. The summed E-state index contributed by atoms with van der Waals surface area (Å²) in [6.45, 7) is 9.31. The van der Waals surface area contributed by atoms with Crippen LogP contribution in [0.1, 0.15) is 20.8 Å². The van der Waals surface area contributed by atoms with Crippen molar-refractivity contribution in [3.63, 3.8) is 0 Å². The van der Waals surface area contributed by atoms with Crippen LogP contribution >= 0.6 is 0 Å². The molecule has 0 aromatic heterocycles. The van der Waals surface area contributed by atoms with E-state index in [4.69, 9.17) is 4.43 Å². The van der Waals surface area contributed by atoms with Crippen LogP contribution < -0.4 is 4.98 Å². The van der Waals surface area contributed by atoms with Gasteiger partial charge in [0.05, 0.1) is 0 Å². The lowest BCUT2D eigenvalue weighted by Crippen LogP contribution is -2.38. The Morgan fingerprint density at radius 3 is 2.44 bits per heavy atom. The summed E-state index contributed by atoms with van der Waals surface area (Å²) >= 11 is 0. The zero-order valence-corrected chi connectivity index (χ0v) is 7.92. The molecular formula is C6H17NOSi. The standard InChI is InChI=1S/C6H17NOSi/c1-5-8-9(4)7-6(2)3/h6-7,9H,5H2,1-4H3. The number of hydrogen-bond acceptors (Lipinski definition) is 2. The summed E-state index contributed by atoms with van der Waals surface area (Å²) in [5, 5.41) is 0. The zero-order chi connectivity index (χ0) is 7.28. The van der Waals surface area contributed by atoms with Crippen molar-refractivity contribution in [1.82, 2.24) is 4.98 Å². The normalized spacial score (nSPS) is 14.3. The number of rotatable bonds is 4. The summed E-state index contributed by atoms with van der Waals surface area (Å²) in [4.78, 5) is 3.36. The lowest BCUT2D eigenvalue weighted by Gasteiger charge is -2.14. The van der Waals surface area contributed by atoms with Crippen LogP contribution in [-0.4, -0.2) is 21.9 Å². The van der Waals surface area contributed by atoms with Crippen LogP contribution in [-0.2, 0) is 4.43 Å². The molecule has 0 rings (SSSR count). The van der Waals surface area contributed by atoms with Crippen LogP contribution in [0.15, 0.2) is 0 Å². The molecule has 56 valence electrons. The van der Waals surface area contributed by atoms with Gasteiger partial charge >= 0.3 is 0 Å².